The number of rotatable bonds is 4. The van der Waals surface area contributed by atoms with Crippen LogP contribution in [0.3, 0.4) is 0 Å². The molecule has 2 N–H and O–H groups in total. The van der Waals surface area contributed by atoms with E-state index in [-0.39, 0.29) is 12.6 Å². The van der Waals surface area contributed by atoms with Crippen molar-refractivity contribution < 1.29 is 19.1 Å². The number of aliphatic carboxylic acids is 1. The number of aromatic nitrogens is 2. The zero-order chi connectivity index (χ0) is 18.0. The van der Waals surface area contributed by atoms with Crippen molar-refractivity contribution in [3.05, 3.63) is 48.0 Å². The number of hydrogen-bond donors (Lipinski definition) is 2. The summed E-state index contributed by atoms with van der Waals surface area (Å²) >= 11 is 0. The first-order chi connectivity index (χ1) is 12.0. The van der Waals surface area contributed by atoms with E-state index < -0.39 is 23.7 Å². The fraction of sp³-hybridized carbons (Fsp3) is 0.353. The van der Waals surface area contributed by atoms with Gasteiger partial charge in [0, 0.05) is 25.5 Å². The van der Waals surface area contributed by atoms with Crippen molar-refractivity contribution in [2.45, 2.75) is 19.4 Å². The number of halogens is 1. The average Bonchev–Trinajstić information content (AvgIpc) is 3.26. The summed E-state index contributed by atoms with van der Waals surface area (Å²) in [6.07, 6.45) is 3.66. The van der Waals surface area contributed by atoms with E-state index in [1.54, 1.807) is 37.5 Å². The van der Waals surface area contributed by atoms with Gasteiger partial charge in [0.1, 0.15) is 11.5 Å². The zero-order valence-corrected chi connectivity index (χ0v) is 13.7. The van der Waals surface area contributed by atoms with Gasteiger partial charge in [-0.2, -0.15) is 5.10 Å². The van der Waals surface area contributed by atoms with Gasteiger partial charge in [-0.3, -0.25) is 4.79 Å². The molecule has 2 aromatic rings. The van der Waals surface area contributed by atoms with Crippen molar-refractivity contribution in [1.82, 2.24) is 20.0 Å². The van der Waals surface area contributed by atoms with Gasteiger partial charge in [0.2, 0.25) is 0 Å². The first kappa shape index (κ1) is 16.9. The normalized spacial score (nSPS) is 18.2. The van der Waals surface area contributed by atoms with Crippen LogP contribution in [-0.4, -0.2) is 44.9 Å². The van der Waals surface area contributed by atoms with Crippen molar-refractivity contribution in [3.8, 4) is 5.69 Å². The smallest absolute Gasteiger partial charge is 0.317 e. The maximum atomic E-state index is 14.3. The minimum Gasteiger partial charge on any atom is -0.481 e. The van der Waals surface area contributed by atoms with Crippen LogP contribution < -0.4 is 5.32 Å². The van der Waals surface area contributed by atoms with E-state index in [0.717, 1.165) is 0 Å². The predicted molar refractivity (Wildman–Crippen MR) is 87.8 cm³/mol. The Morgan fingerprint density at radius 1 is 1.44 bits per heavy atom. The van der Waals surface area contributed by atoms with Gasteiger partial charge in [0.25, 0.3) is 0 Å². The van der Waals surface area contributed by atoms with Crippen LogP contribution in [0.15, 0.2) is 36.7 Å². The van der Waals surface area contributed by atoms with Gasteiger partial charge < -0.3 is 15.3 Å². The van der Waals surface area contributed by atoms with Crippen molar-refractivity contribution in [1.29, 1.82) is 0 Å². The predicted octanol–water partition coefficient (Wildman–Crippen LogP) is 2.19. The van der Waals surface area contributed by atoms with E-state index in [4.69, 9.17) is 5.11 Å². The molecule has 2 heterocycles. The largest absolute Gasteiger partial charge is 0.481 e. The molecule has 2 amide bonds. The van der Waals surface area contributed by atoms with Gasteiger partial charge >= 0.3 is 12.0 Å². The summed E-state index contributed by atoms with van der Waals surface area (Å²) in [6, 6.07) is 5.67. The number of carboxylic acids is 1. The molecular formula is C17H19FN4O3. The fourth-order valence-electron chi connectivity index (χ4n) is 2.90. The lowest BCUT2D eigenvalue weighted by molar-refractivity contribution is -0.141. The Kier molecular flexibility index (Phi) is 4.69. The summed E-state index contributed by atoms with van der Waals surface area (Å²) in [5, 5.41) is 15.8. The Bertz CT molecular complexity index is 778. The lowest BCUT2D eigenvalue weighted by atomic mass is 10.1. The number of amides is 2. The van der Waals surface area contributed by atoms with Gasteiger partial charge in [0.15, 0.2) is 0 Å². The molecule has 1 aromatic heterocycles. The van der Waals surface area contributed by atoms with E-state index in [9.17, 15) is 14.0 Å². The zero-order valence-electron chi connectivity index (χ0n) is 13.7. The fourth-order valence-corrected chi connectivity index (χ4v) is 2.90. The number of nitrogens with one attached hydrogen (secondary N) is 1. The molecule has 25 heavy (non-hydrogen) atoms. The molecule has 1 aliphatic heterocycles. The van der Waals surface area contributed by atoms with Crippen molar-refractivity contribution >= 4 is 12.0 Å². The molecule has 1 aromatic carbocycles. The molecule has 1 unspecified atom stereocenters. The van der Waals surface area contributed by atoms with Crippen LogP contribution in [-0.2, 0) is 4.79 Å². The number of nitrogens with zero attached hydrogens (tertiary/aromatic N) is 3. The number of carboxylic acid groups (broad SMARTS) is 1. The summed E-state index contributed by atoms with van der Waals surface area (Å²) in [6.45, 7) is 2.35. The summed E-state index contributed by atoms with van der Waals surface area (Å²) in [4.78, 5) is 24.7. The third kappa shape index (κ3) is 3.62. The highest BCUT2D eigenvalue weighted by atomic mass is 19.1. The summed E-state index contributed by atoms with van der Waals surface area (Å²) < 4.78 is 15.7. The number of carbonyl (C=O) groups is 2. The third-order valence-electron chi connectivity index (χ3n) is 4.39. The standard InChI is InChI=1S/C17H19FN4O3/c1-11(20-17(25)21-8-5-13(10-21)16(23)24)12-3-4-15(14(18)9-12)22-7-2-6-19-22/h2-4,6-7,9,11,13H,5,8,10H2,1H3,(H,20,25)(H,23,24)/t11-,13?/m1/s1. The molecule has 0 bridgehead atoms. The summed E-state index contributed by atoms with van der Waals surface area (Å²) in [5.74, 6) is -1.85. The van der Waals surface area contributed by atoms with Gasteiger partial charge in [-0.1, -0.05) is 6.07 Å². The van der Waals surface area contributed by atoms with E-state index in [1.165, 1.54) is 15.6 Å². The molecular weight excluding hydrogens is 327 g/mol. The van der Waals surface area contributed by atoms with Crippen LogP contribution >= 0.6 is 0 Å². The minimum atomic E-state index is -0.889. The van der Waals surface area contributed by atoms with Crippen molar-refractivity contribution in [2.24, 2.45) is 5.92 Å². The van der Waals surface area contributed by atoms with E-state index >= 15 is 0 Å². The maximum Gasteiger partial charge on any atom is 0.317 e. The van der Waals surface area contributed by atoms with Gasteiger partial charge in [-0.15, -0.1) is 0 Å². The van der Waals surface area contributed by atoms with Crippen LogP contribution in [0.25, 0.3) is 5.69 Å². The molecule has 1 saturated heterocycles. The molecule has 7 nitrogen and oxygen atoms in total. The molecule has 3 rings (SSSR count). The Hall–Kier alpha value is -2.90. The number of carbonyl (C=O) groups excluding carboxylic acids is 1. The molecule has 132 valence electrons. The molecule has 0 aliphatic carbocycles. The summed E-state index contributed by atoms with van der Waals surface area (Å²) in [5.41, 5.74) is 0.951. The van der Waals surface area contributed by atoms with Crippen molar-refractivity contribution in [2.75, 3.05) is 13.1 Å². The van der Waals surface area contributed by atoms with Gasteiger partial charge in [-0.25, -0.2) is 13.9 Å². The molecule has 1 aliphatic rings. The Morgan fingerprint density at radius 2 is 2.24 bits per heavy atom. The van der Waals surface area contributed by atoms with E-state index in [1.807, 2.05) is 0 Å². The molecule has 8 heteroatoms. The topological polar surface area (TPSA) is 87.5 Å². The van der Waals surface area contributed by atoms with Crippen LogP contribution in [0.1, 0.15) is 24.9 Å². The number of benzene rings is 1. The van der Waals surface area contributed by atoms with E-state index in [2.05, 4.69) is 10.4 Å². The molecule has 1 fully saturated rings. The highest BCUT2D eigenvalue weighted by Gasteiger charge is 2.31. The second-order valence-corrected chi connectivity index (χ2v) is 6.10. The number of urea groups is 1. The second kappa shape index (κ2) is 6.92. The molecule has 2 atom stereocenters. The first-order valence-corrected chi connectivity index (χ1v) is 8.03. The average molecular weight is 346 g/mol. The molecule has 0 saturated carbocycles. The Balaban J connectivity index is 1.65. The van der Waals surface area contributed by atoms with Gasteiger partial charge in [-0.05, 0) is 37.1 Å². The number of likely N-dealkylation sites (tertiary alicyclic amines) is 1. The minimum absolute atomic E-state index is 0.195. The van der Waals surface area contributed by atoms with Crippen LogP contribution in [0.2, 0.25) is 0 Å². The lowest BCUT2D eigenvalue weighted by Crippen LogP contribution is -2.40. The maximum absolute atomic E-state index is 14.3. The summed E-state index contributed by atoms with van der Waals surface area (Å²) in [7, 11) is 0. The highest BCUT2D eigenvalue weighted by Crippen LogP contribution is 2.21. The SMILES string of the molecule is C[C@@H](NC(=O)N1CCC(C(=O)O)C1)c1ccc(-n2cccn2)c(F)c1. The lowest BCUT2D eigenvalue weighted by Gasteiger charge is -2.21. The van der Waals surface area contributed by atoms with Crippen LogP contribution in [0.5, 0.6) is 0 Å². The Morgan fingerprint density at radius 3 is 2.84 bits per heavy atom. The van der Waals surface area contributed by atoms with Crippen molar-refractivity contribution in [3.63, 3.8) is 0 Å². The monoisotopic (exact) mass is 346 g/mol. The van der Waals surface area contributed by atoms with Gasteiger partial charge in [0.05, 0.1) is 12.0 Å². The third-order valence-corrected chi connectivity index (χ3v) is 4.39. The number of hydrogen-bond acceptors (Lipinski definition) is 3. The van der Waals surface area contributed by atoms with E-state index in [0.29, 0.717) is 24.2 Å². The second-order valence-electron chi connectivity index (χ2n) is 6.10. The Labute approximate surface area is 144 Å². The molecule has 0 radical (unpaired) electrons. The van der Waals surface area contributed by atoms with Crippen LogP contribution in [0, 0.1) is 11.7 Å². The molecule has 0 spiro atoms. The highest BCUT2D eigenvalue weighted by molar-refractivity contribution is 5.77. The van der Waals surface area contributed by atoms with Crippen LogP contribution in [0.4, 0.5) is 9.18 Å². The quantitative estimate of drug-likeness (QED) is 0.888. The first-order valence-electron chi connectivity index (χ1n) is 8.03.